The highest BCUT2D eigenvalue weighted by Crippen LogP contribution is 2.25. The molecular weight excluding hydrogens is 200 g/mol. The van der Waals surface area contributed by atoms with Crippen LogP contribution in [0.15, 0.2) is 12.1 Å². The van der Waals surface area contributed by atoms with E-state index < -0.39 is 0 Å². The first kappa shape index (κ1) is 12.8. The van der Waals surface area contributed by atoms with Crippen LogP contribution in [0, 0.1) is 13.8 Å². The first-order valence-electron chi connectivity index (χ1n) is 5.88. The molecule has 1 rings (SSSR count). The number of ketones is 1. The van der Waals surface area contributed by atoms with Crippen LogP contribution in [0.5, 0.6) is 5.75 Å². The van der Waals surface area contributed by atoms with Crippen molar-refractivity contribution in [1.29, 1.82) is 0 Å². The monoisotopic (exact) mass is 220 g/mol. The van der Waals surface area contributed by atoms with Crippen LogP contribution >= 0.6 is 0 Å². The molecule has 0 radical (unpaired) electrons. The molecule has 0 aliphatic rings. The van der Waals surface area contributed by atoms with E-state index in [9.17, 15) is 4.79 Å². The number of rotatable bonds is 5. The molecule has 0 N–H and O–H groups in total. The molecular formula is C14H20O2. The van der Waals surface area contributed by atoms with Crippen molar-refractivity contribution in [2.24, 2.45) is 0 Å². The average molecular weight is 220 g/mol. The van der Waals surface area contributed by atoms with Gasteiger partial charge in [0.1, 0.15) is 5.75 Å². The number of Topliss-reactive ketones (excluding diaryl/α,β-unsaturated/α-hetero) is 1. The molecule has 0 aromatic heterocycles. The lowest BCUT2D eigenvalue weighted by atomic mass is 9.98. The normalized spacial score (nSPS) is 10.2. The zero-order chi connectivity index (χ0) is 12.1. The fraction of sp³-hybridized carbons (Fsp3) is 0.500. The Kier molecular flexibility index (Phi) is 4.53. The van der Waals surface area contributed by atoms with Crippen LogP contribution < -0.4 is 4.74 Å². The third kappa shape index (κ3) is 2.63. The number of carbonyl (C=O) groups excluding carboxylic acids is 1. The molecule has 0 saturated heterocycles. The van der Waals surface area contributed by atoms with Gasteiger partial charge in [-0.25, -0.2) is 0 Å². The number of carbonyl (C=O) groups is 1. The van der Waals surface area contributed by atoms with Gasteiger partial charge >= 0.3 is 0 Å². The maximum Gasteiger partial charge on any atom is 0.162 e. The summed E-state index contributed by atoms with van der Waals surface area (Å²) in [6.07, 6.45) is 1.55. The van der Waals surface area contributed by atoms with Gasteiger partial charge in [-0.15, -0.1) is 0 Å². The van der Waals surface area contributed by atoms with Gasteiger partial charge in [0.2, 0.25) is 0 Å². The van der Waals surface area contributed by atoms with E-state index in [2.05, 4.69) is 6.92 Å². The molecule has 0 aliphatic heterocycles. The lowest BCUT2D eigenvalue weighted by Crippen LogP contribution is -2.04. The zero-order valence-electron chi connectivity index (χ0n) is 10.6. The number of ether oxygens (including phenoxy) is 1. The van der Waals surface area contributed by atoms with Crippen LogP contribution in [0.2, 0.25) is 0 Å². The van der Waals surface area contributed by atoms with Crippen molar-refractivity contribution >= 4 is 5.78 Å². The van der Waals surface area contributed by atoms with Gasteiger partial charge in [-0.2, -0.15) is 0 Å². The number of benzene rings is 1. The van der Waals surface area contributed by atoms with E-state index in [0.29, 0.717) is 6.42 Å². The minimum absolute atomic E-state index is 0.197. The molecule has 0 fully saturated rings. The first-order valence-corrected chi connectivity index (χ1v) is 5.88. The van der Waals surface area contributed by atoms with E-state index >= 15 is 0 Å². The van der Waals surface area contributed by atoms with Crippen molar-refractivity contribution in [3.63, 3.8) is 0 Å². The van der Waals surface area contributed by atoms with Crippen molar-refractivity contribution in [3.8, 4) is 5.75 Å². The fourth-order valence-electron chi connectivity index (χ4n) is 1.66. The lowest BCUT2D eigenvalue weighted by molar-refractivity contribution is 0.0987. The van der Waals surface area contributed by atoms with Crippen LogP contribution in [-0.2, 0) is 0 Å². The largest absolute Gasteiger partial charge is 0.493 e. The van der Waals surface area contributed by atoms with Crippen LogP contribution in [0.4, 0.5) is 0 Å². The highest BCUT2D eigenvalue weighted by atomic mass is 16.5. The standard InChI is InChI=1S/C14H20O2/c1-5-9-16-14-8-7-12(13(15)6-2)10(3)11(14)4/h7-8H,5-6,9H2,1-4H3. The highest BCUT2D eigenvalue weighted by Gasteiger charge is 2.11. The Labute approximate surface area is 97.6 Å². The molecule has 0 amide bonds. The summed E-state index contributed by atoms with van der Waals surface area (Å²) in [5.41, 5.74) is 2.94. The van der Waals surface area contributed by atoms with Crippen molar-refractivity contribution in [2.45, 2.75) is 40.5 Å². The average Bonchev–Trinajstić information content (AvgIpc) is 2.30. The predicted octanol–water partition coefficient (Wildman–Crippen LogP) is 3.68. The molecule has 0 atom stereocenters. The maximum absolute atomic E-state index is 11.7. The second-order valence-electron chi connectivity index (χ2n) is 3.99. The quantitative estimate of drug-likeness (QED) is 0.707. The molecule has 0 spiro atoms. The smallest absolute Gasteiger partial charge is 0.162 e. The van der Waals surface area contributed by atoms with Gasteiger partial charge in [-0.1, -0.05) is 13.8 Å². The summed E-state index contributed by atoms with van der Waals surface area (Å²) < 4.78 is 5.62. The molecule has 0 unspecified atom stereocenters. The van der Waals surface area contributed by atoms with E-state index in [1.165, 1.54) is 0 Å². The van der Waals surface area contributed by atoms with Crippen molar-refractivity contribution < 1.29 is 9.53 Å². The van der Waals surface area contributed by atoms with E-state index in [-0.39, 0.29) is 5.78 Å². The van der Waals surface area contributed by atoms with Crippen molar-refractivity contribution in [2.75, 3.05) is 6.61 Å². The summed E-state index contributed by atoms with van der Waals surface area (Å²) in [5.74, 6) is 1.09. The summed E-state index contributed by atoms with van der Waals surface area (Å²) >= 11 is 0. The molecule has 1 aromatic rings. The molecule has 1 aromatic carbocycles. The third-order valence-electron chi connectivity index (χ3n) is 2.82. The van der Waals surface area contributed by atoms with Gasteiger partial charge in [0.15, 0.2) is 5.78 Å². The lowest BCUT2D eigenvalue weighted by Gasteiger charge is -2.13. The Hall–Kier alpha value is -1.31. The van der Waals surface area contributed by atoms with Gasteiger partial charge in [0.05, 0.1) is 6.61 Å². The topological polar surface area (TPSA) is 26.3 Å². The molecule has 16 heavy (non-hydrogen) atoms. The minimum Gasteiger partial charge on any atom is -0.493 e. The zero-order valence-corrected chi connectivity index (χ0v) is 10.6. The molecule has 0 heterocycles. The Bertz CT molecular complexity index is 381. The molecule has 2 nitrogen and oxygen atoms in total. The fourth-order valence-corrected chi connectivity index (χ4v) is 1.66. The van der Waals surface area contributed by atoms with Gasteiger partial charge in [-0.3, -0.25) is 4.79 Å². The Morgan fingerprint density at radius 3 is 2.44 bits per heavy atom. The van der Waals surface area contributed by atoms with Crippen LogP contribution in [0.1, 0.15) is 48.2 Å². The van der Waals surface area contributed by atoms with Gasteiger partial charge in [0.25, 0.3) is 0 Å². The van der Waals surface area contributed by atoms with Crippen LogP contribution in [-0.4, -0.2) is 12.4 Å². The molecule has 0 bridgehead atoms. The van der Waals surface area contributed by atoms with Crippen molar-refractivity contribution in [3.05, 3.63) is 28.8 Å². The van der Waals surface area contributed by atoms with Gasteiger partial charge < -0.3 is 4.74 Å². The Morgan fingerprint density at radius 1 is 1.19 bits per heavy atom. The molecule has 88 valence electrons. The summed E-state index contributed by atoms with van der Waals surface area (Å²) in [6.45, 7) is 8.68. The summed E-state index contributed by atoms with van der Waals surface area (Å²) in [4.78, 5) is 11.7. The maximum atomic E-state index is 11.7. The second-order valence-corrected chi connectivity index (χ2v) is 3.99. The van der Waals surface area contributed by atoms with E-state index in [4.69, 9.17) is 4.74 Å². The van der Waals surface area contributed by atoms with Crippen LogP contribution in [0.3, 0.4) is 0 Å². The summed E-state index contributed by atoms with van der Waals surface area (Å²) in [7, 11) is 0. The molecule has 0 saturated carbocycles. The van der Waals surface area contributed by atoms with E-state index in [1.54, 1.807) is 0 Å². The summed E-state index contributed by atoms with van der Waals surface area (Å²) in [5, 5.41) is 0. The third-order valence-corrected chi connectivity index (χ3v) is 2.82. The van der Waals surface area contributed by atoms with Gasteiger partial charge in [-0.05, 0) is 43.5 Å². The van der Waals surface area contributed by atoms with Crippen LogP contribution in [0.25, 0.3) is 0 Å². The second kappa shape index (κ2) is 5.69. The molecule has 2 heteroatoms. The van der Waals surface area contributed by atoms with Gasteiger partial charge in [0, 0.05) is 12.0 Å². The Morgan fingerprint density at radius 2 is 1.88 bits per heavy atom. The first-order chi connectivity index (χ1) is 7.61. The SMILES string of the molecule is CCCOc1ccc(C(=O)CC)c(C)c1C. The Balaban J connectivity index is 3.03. The van der Waals surface area contributed by atoms with Crippen molar-refractivity contribution in [1.82, 2.24) is 0 Å². The number of hydrogen-bond acceptors (Lipinski definition) is 2. The predicted molar refractivity (Wildman–Crippen MR) is 66.3 cm³/mol. The highest BCUT2D eigenvalue weighted by molar-refractivity contribution is 5.97. The number of hydrogen-bond donors (Lipinski definition) is 0. The minimum atomic E-state index is 0.197. The summed E-state index contributed by atoms with van der Waals surface area (Å²) in [6, 6.07) is 3.78. The molecule has 0 aliphatic carbocycles. The van der Waals surface area contributed by atoms with E-state index in [0.717, 1.165) is 35.5 Å². The van der Waals surface area contributed by atoms with E-state index in [1.807, 2.05) is 32.9 Å².